The van der Waals surface area contributed by atoms with Gasteiger partial charge in [-0.05, 0) is 17.5 Å². The first kappa shape index (κ1) is 13.5. The maximum Gasteiger partial charge on any atom is 0.282 e. The predicted molar refractivity (Wildman–Crippen MR) is 83.0 cm³/mol. The number of fused-ring (bicyclic) bond motifs is 1. The molecule has 0 bridgehead atoms. The normalized spacial score (nSPS) is 12.0. The van der Waals surface area contributed by atoms with E-state index in [1.807, 2.05) is 24.3 Å². The highest BCUT2D eigenvalue weighted by Crippen LogP contribution is 2.17. The molecular formula is C16H12N2O2S. The van der Waals surface area contributed by atoms with E-state index in [2.05, 4.69) is 9.38 Å². The summed E-state index contributed by atoms with van der Waals surface area (Å²) >= 11 is 0. The molecule has 0 unspecified atom stereocenters. The second-order valence-electron chi connectivity index (χ2n) is 4.47. The molecule has 21 heavy (non-hydrogen) atoms. The van der Waals surface area contributed by atoms with Crippen molar-refractivity contribution in [1.29, 1.82) is 0 Å². The molecule has 104 valence electrons. The molecule has 0 fully saturated rings. The molecule has 3 aromatic rings. The number of hydrogen-bond donors (Lipinski definition) is 0. The lowest BCUT2D eigenvalue weighted by atomic mass is 10.1. The van der Waals surface area contributed by atoms with E-state index in [-0.39, 0.29) is 4.90 Å². The van der Waals surface area contributed by atoms with Crippen LogP contribution in [0.25, 0.3) is 10.8 Å². The molecule has 0 radical (unpaired) electrons. The summed E-state index contributed by atoms with van der Waals surface area (Å²) in [6, 6.07) is 15.8. The topological polar surface area (TPSA) is 59.4 Å². The zero-order valence-corrected chi connectivity index (χ0v) is 11.9. The molecule has 0 amide bonds. The molecule has 0 aliphatic carbocycles. The van der Waals surface area contributed by atoms with Gasteiger partial charge in [0.05, 0.1) is 4.90 Å². The zero-order chi connectivity index (χ0) is 14.7. The van der Waals surface area contributed by atoms with E-state index in [4.69, 9.17) is 0 Å². The first-order valence-corrected chi connectivity index (χ1v) is 7.79. The van der Waals surface area contributed by atoms with Crippen LogP contribution in [-0.2, 0) is 10.0 Å². The quantitative estimate of drug-likeness (QED) is 0.698. The van der Waals surface area contributed by atoms with Gasteiger partial charge in [0.15, 0.2) is 0 Å². The fourth-order valence-corrected chi connectivity index (χ4v) is 2.90. The van der Waals surface area contributed by atoms with E-state index in [9.17, 15) is 8.42 Å². The summed E-state index contributed by atoms with van der Waals surface area (Å²) in [5.41, 5.74) is 0.674. The molecule has 0 atom stereocenters. The largest absolute Gasteiger partial charge is 0.282 e. The second kappa shape index (κ2) is 5.46. The number of pyridine rings is 1. The van der Waals surface area contributed by atoms with Crippen molar-refractivity contribution in [2.75, 3.05) is 0 Å². The van der Waals surface area contributed by atoms with Crippen LogP contribution in [0.15, 0.2) is 76.3 Å². The Hall–Kier alpha value is -2.53. The van der Waals surface area contributed by atoms with Crippen molar-refractivity contribution in [2.24, 2.45) is 4.40 Å². The van der Waals surface area contributed by atoms with Gasteiger partial charge in [-0.25, -0.2) is 0 Å². The Bertz CT molecular complexity index is 898. The molecule has 0 aliphatic heterocycles. The van der Waals surface area contributed by atoms with Gasteiger partial charge in [0.1, 0.15) is 0 Å². The Morgan fingerprint density at radius 1 is 0.905 bits per heavy atom. The van der Waals surface area contributed by atoms with Crippen molar-refractivity contribution >= 4 is 27.0 Å². The zero-order valence-electron chi connectivity index (χ0n) is 11.0. The highest BCUT2D eigenvalue weighted by molar-refractivity contribution is 7.90. The van der Waals surface area contributed by atoms with Crippen molar-refractivity contribution in [3.8, 4) is 0 Å². The Kier molecular flexibility index (Phi) is 3.50. The van der Waals surface area contributed by atoms with Crippen LogP contribution in [0, 0.1) is 0 Å². The average Bonchev–Trinajstić information content (AvgIpc) is 2.54. The third-order valence-corrected chi connectivity index (χ3v) is 4.32. The second-order valence-corrected chi connectivity index (χ2v) is 6.10. The van der Waals surface area contributed by atoms with Gasteiger partial charge >= 0.3 is 0 Å². The summed E-state index contributed by atoms with van der Waals surface area (Å²) in [4.78, 5) is 4.28. The van der Waals surface area contributed by atoms with Gasteiger partial charge in [0.25, 0.3) is 10.0 Å². The summed E-state index contributed by atoms with van der Waals surface area (Å²) < 4.78 is 28.0. The highest BCUT2D eigenvalue weighted by atomic mass is 32.2. The van der Waals surface area contributed by atoms with Crippen molar-refractivity contribution in [2.45, 2.75) is 4.90 Å². The maximum atomic E-state index is 12.1. The predicted octanol–water partition coefficient (Wildman–Crippen LogP) is 3.04. The van der Waals surface area contributed by atoms with Crippen LogP contribution >= 0.6 is 0 Å². The maximum absolute atomic E-state index is 12.1. The van der Waals surface area contributed by atoms with E-state index >= 15 is 0 Å². The molecular weight excluding hydrogens is 284 g/mol. The average molecular weight is 296 g/mol. The third kappa shape index (κ3) is 2.83. The monoisotopic (exact) mass is 296 g/mol. The molecule has 3 rings (SSSR count). The highest BCUT2D eigenvalue weighted by Gasteiger charge is 2.10. The van der Waals surface area contributed by atoms with E-state index in [0.29, 0.717) is 5.56 Å². The minimum Gasteiger partial charge on any atom is -0.263 e. The molecule has 0 saturated carbocycles. The Morgan fingerprint density at radius 2 is 1.62 bits per heavy atom. The van der Waals surface area contributed by atoms with Crippen LogP contribution in [0.4, 0.5) is 0 Å². The SMILES string of the molecule is O=S(=O)(/N=C/c1cncc2ccccc12)c1ccccc1. The molecule has 0 N–H and O–H groups in total. The molecule has 0 aliphatic rings. The van der Waals surface area contributed by atoms with Crippen molar-refractivity contribution in [3.05, 3.63) is 72.6 Å². The van der Waals surface area contributed by atoms with E-state index in [1.54, 1.807) is 30.6 Å². The van der Waals surface area contributed by atoms with E-state index in [0.717, 1.165) is 10.8 Å². The summed E-state index contributed by atoms with van der Waals surface area (Å²) in [6.45, 7) is 0. The lowest BCUT2D eigenvalue weighted by Crippen LogP contribution is -1.98. The standard InChI is InChI=1S/C16H12N2O2S/c19-21(20,15-7-2-1-3-8-15)18-12-14-11-17-10-13-6-4-5-9-16(13)14/h1-12H/b18-12+. The minimum atomic E-state index is -3.69. The molecule has 1 aromatic heterocycles. The third-order valence-electron chi connectivity index (χ3n) is 3.07. The summed E-state index contributed by atoms with van der Waals surface area (Å²) in [5, 5.41) is 1.86. The molecule has 0 spiro atoms. The van der Waals surface area contributed by atoms with E-state index in [1.165, 1.54) is 18.3 Å². The van der Waals surface area contributed by atoms with Gasteiger partial charge in [-0.2, -0.15) is 12.8 Å². The molecule has 5 heteroatoms. The molecule has 4 nitrogen and oxygen atoms in total. The van der Waals surface area contributed by atoms with Gasteiger partial charge in [0.2, 0.25) is 0 Å². The fraction of sp³-hybridized carbons (Fsp3) is 0. The summed E-state index contributed by atoms with van der Waals surface area (Å²) in [5.74, 6) is 0. The first-order valence-electron chi connectivity index (χ1n) is 6.35. The number of sulfonamides is 1. The fourth-order valence-electron chi connectivity index (χ4n) is 2.02. The minimum absolute atomic E-state index is 0.175. The van der Waals surface area contributed by atoms with Crippen LogP contribution in [0.3, 0.4) is 0 Å². The van der Waals surface area contributed by atoms with Gasteiger partial charge in [0, 0.05) is 29.6 Å². The van der Waals surface area contributed by atoms with Crippen molar-refractivity contribution in [1.82, 2.24) is 4.98 Å². The Morgan fingerprint density at radius 3 is 2.43 bits per heavy atom. The van der Waals surface area contributed by atoms with Gasteiger partial charge in [-0.3, -0.25) is 4.98 Å². The van der Waals surface area contributed by atoms with Crippen LogP contribution in [0.5, 0.6) is 0 Å². The summed E-state index contributed by atoms with van der Waals surface area (Å²) in [7, 11) is -3.69. The summed E-state index contributed by atoms with van der Waals surface area (Å²) in [6.07, 6.45) is 4.68. The van der Waals surface area contributed by atoms with Crippen molar-refractivity contribution in [3.63, 3.8) is 0 Å². The van der Waals surface area contributed by atoms with Crippen LogP contribution in [0.2, 0.25) is 0 Å². The van der Waals surface area contributed by atoms with E-state index < -0.39 is 10.0 Å². The van der Waals surface area contributed by atoms with Gasteiger partial charge in [-0.1, -0.05) is 42.5 Å². The molecule has 2 aromatic carbocycles. The van der Waals surface area contributed by atoms with Crippen LogP contribution < -0.4 is 0 Å². The number of aromatic nitrogens is 1. The lowest BCUT2D eigenvalue weighted by Gasteiger charge is -2.01. The number of nitrogens with zero attached hydrogens (tertiary/aromatic N) is 2. The number of rotatable bonds is 3. The van der Waals surface area contributed by atoms with Crippen LogP contribution in [0.1, 0.15) is 5.56 Å². The Labute approximate surface area is 122 Å². The Balaban J connectivity index is 2.03. The molecule has 1 heterocycles. The van der Waals surface area contributed by atoms with Gasteiger partial charge in [-0.15, -0.1) is 0 Å². The molecule has 0 saturated heterocycles. The lowest BCUT2D eigenvalue weighted by molar-refractivity contribution is 0.598. The smallest absolute Gasteiger partial charge is 0.263 e. The number of hydrogen-bond acceptors (Lipinski definition) is 3. The van der Waals surface area contributed by atoms with Gasteiger partial charge < -0.3 is 0 Å². The first-order chi connectivity index (χ1) is 10.2. The number of benzene rings is 2. The van der Waals surface area contributed by atoms with Crippen molar-refractivity contribution < 1.29 is 8.42 Å². The van der Waals surface area contributed by atoms with Crippen LogP contribution in [-0.4, -0.2) is 19.6 Å².